The van der Waals surface area contributed by atoms with Crippen molar-refractivity contribution in [2.75, 3.05) is 11.6 Å². The van der Waals surface area contributed by atoms with Gasteiger partial charge in [-0.05, 0) is 48.4 Å². The quantitative estimate of drug-likeness (QED) is 0.833. The minimum Gasteiger partial charge on any atom is -0.333 e. The van der Waals surface area contributed by atoms with Crippen molar-refractivity contribution in [1.82, 2.24) is 5.32 Å². The van der Waals surface area contributed by atoms with Crippen LogP contribution in [0.15, 0.2) is 40.6 Å². The summed E-state index contributed by atoms with van der Waals surface area (Å²) in [5, 5.41) is 7.74. The molecule has 2 rings (SSSR count). The number of carbonyl (C=O) groups is 1. The molecule has 2 aromatic rings. The molecule has 0 radical (unpaired) electrons. The second-order valence-corrected chi connectivity index (χ2v) is 5.95. The Morgan fingerprint density at radius 3 is 2.89 bits per heavy atom. The molecule has 0 saturated carbocycles. The molecule has 0 aliphatic carbocycles. The molecule has 2 N–H and O–H groups in total. The minimum absolute atomic E-state index is 0.175. The van der Waals surface area contributed by atoms with E-state index < -0.39 is 0 Å². The van der Waals surface area contributed by atoms with Gasteiger partial charge in [-0.25, -0.2) is 4.79 Å². The summed E-state index contributed by atoms with van der Waals surface area (Å²) in [4.78, 5) is 14.1. The number of hydrogen-bond donors (Lipinski definition) is 2. The van der Waals surface area contributed by atoms with Gasteiger partial charge >= 0.3 is 6.03 Å². The number of hydrogen-bond acceptors (Lipinski definition) is 3. The van der Waals surface area contributed by atoms with Crippen LogP contribution in [-0.2, 0) is 6.54 Å². The van der Waals surface area contributed by atoms with Crippen LogP contribution in [0.5, 0.6) is 0 Å². The number of rotatable bonds is 4. The Bertz CT molecular complexity index is 566. The Balaban J connectivity index is 1.89. The van der Waals surface area contributed by atoms with Crippen LogP contribution in [-0.4, -0.2) is 12.3 Å². The summed E-state index contributed by atoms with van der Waals surface area (Å²) in [6, 6.07) is 9.68. The number of benzene rings is 1. The van der Waals surface area contributed by atoms with Gasteiger partial charge in [0, 0.05) is 15.5 Å². The molecular formula is C14H16N2OS2. The van der Waals surface area contributed by atoms with Gasteiger partial charge in [-0.1, -0.05) is 6.07 Å². The third-order valence-corrected chi connectivity index (χ3v) is 4.45. The fourth-order valence-corrected chi connectivity index (χ4v) is 2.93. The number of carbonyl (C=O) groups excluding carboxylic acids is 1. The van der Waals surface area contributed by atoms with Crippen molar-refractivity contribution in [2.24, 2.45) is 0 Å². The Labute approximate surface area is 121 Å². The summed E-state index contributed by atoms with van der Waals surface area (Å²) in [5.74, 6) is 0. The van der Waals surface area contributed by atoms with E-state index in [0.717, 1.165) is 10.6 Å². The average Bonchev–Trinajstić information content (AvgIpc) is 2.82. The maximum Gasteiger partial charge on any atom is 0.319 e. The van der Waals surface area contributed by atoms with E-state index in [4.69, 9.17) is 0 Å². The first kappa shape index (κ1) is 14.0. The van der Waals surface area contributed by atoms with E-state index >= 15 is 0 Å². The fourth-order valence-electron chi connectivity index (χ4n) is 1.62. The molecule has 3 nitrogen and oxygen atoms in total. The van der Waals surface area contributed by atoms with Crippen molar-refractivity contribution in [2.45, 2.75) is 18.4 Å². The van der Waals surface area contributed by atoms with E-state index in [2.05, 4.69) is 16.7 Å². The van der Waals surface area contributed by atoms with Gasteiger partial charge in [-0.3, -0.25) is 0 Å². The largest absolute Gasteiger partial charge is 0.333 e. The van der Waals surface area contributed by atoms with Crippen LogP contribution in [0.4, 0.5) is 10.5 Å². The van der Waals surface area contributed by atoms with Crippen molar-refractivity contribution in [3.05, 3.63) is 46.2 Å². The molecule has 1 heterocycles. The maximum atomic E-state index is 11.8. The van der Waals surface area contributed by atoms with Crippen LogP contribution in [0, 0.1) is 6.92 Å². The fraction of sp³-hybridized carbons (Fsp3) is 0.214. The third-order valence-electron chi connectivity index (χ3n) is 2.71. The Kier molecular flexibility index (Phi) is 4.87. The van der Waals surface area contributed by atoms with Crippen molar-refractivity contribution in [3.8, 4) is 0 Å². The van der Waals surface area contributed by atoms with Gasteiger partial charge in [0.05, 0.1) is 6.54 Å². The van der Waals surface area contributed by atoms with Gasteiger partial charge in [0.15, 0.2) is 0 Å². The number of thiophene rings is 1. The maximum absolute atomic E-state index is 11.8. The first-order valence-corrected chi connectivity index (χ1v) is 8.01. The monoisotopic (exact) mass is 292 g/mol. The van der Waals surface area contributed by atoms with E-state index in [1.807, 2.05) is 42.8 Å². The highest BCUT2D eigenvalue weighted by Crippen LogP contribution is 2.19. The van der Waals surface area contributed by atoms with Crippen LogP contribution >= 0.6 is 23.1 Å². The topological polar surface area (TPSA) is 41.1 Å². The SMILES string of the molecule is CSc1cccc(NC(=O)NCc2sccc2C)c1. The van der Waals surface area contributed by atoms with Gasteiger partial charge in [0.1, 0.15) is 0 Å². The number of anilines is 1. The zero-order valence-electron chi connectivity index (χ0n) is 10.9. The van der Waals surface area contributed by atoms with Crippen LogP contribution in [0.3, 0.4) is 0 Å². The van der Waals surface area contributed by atoms with Gasteiger partial charge < -0.3 is 10.6 Å². The summed E-state index contributed by atoms with van der Waals surface area (Å²) in [5.41, 5.74) is 2.03. The normalized spacial score (nSPS) is 10.2. The Morgan fingerprint density at radius 2 is 2.21 bits per heavy atom. The molecule has 2 amide bonds. The highest BCUT2D eigenvalue weighted by molar-refractivity contribution is 7.98. The van der Waals surface area contributed by atoms with Crippen LogP contribution in [0.1, 0.15) is 10.4 Å². The summed E-state index contributed by atoms with van der Waals surface area (Å²) in [6.45, 7) is 2.62. The second kappa shape index (κ2) is 6.63. The lowest BCUT2D eigenvalue weighted by Gasteiger charge is -2.08. The summed E-state index contributed by atoms with van der Waals surface area (Å²) >= 11 is 3.31. The molecule has 1 aromatic carbocycles. The lowest BCUT2D eigenvalue weighted by atomic mass is 10.3. The molecule has 0 saturated heterocycles. The highest BCUT2D eigenvalue weighted by Gasteiger charge is 2.04. The third kappa shape index (κ3) is 4.01. The molecule has 0 bridgehead atoms. The minimum atomic E-state index is -0.175. The number of urea groups is 1. The van der Waals surface area contributed by atoms with Gasteiger partial charge in [0.25, 0.3) is 0 Å². The van der Waals surface area contributed by atoms with E-state index in [1.54, 1.807) is 23.1 Å². The predicted molar refractivity (Wildman–Crippen MR) is 83.1 cm³/mol. The van der Waals surface area contributed by atoms with Crippen molar-refractivity contribution in [1.29, 1.82) is 0 Å². The summed E-state index contributed by atoms with van der Waals surface area (Å²) < 4.78 is 0. The molecule has 0 aliphatic heterocycles. The highest BCUT2D eigenvalue weighted by atomic mass is 32.2. The lowest BCUT2D eigenvalue weighted by molar-refractivity contribution is 0.252. The first-order valence-electron chi connectivity index (χ1n) is 5.91. The van der Waals surface area contributed by atoms with Gasteiger partial charge in [0.2, 0.25) is 0 Å². The van der Waals surface area contributed by atoms with E-state index in [-0.39, 0.29) is 6.03 Å². The Hall–Kier alpha value is -1.46. The molecule has 0 fully saturated rings. The zero-order valence-corrected chi connectivity index (χ0v) is 12.5. The Morgan fingerprint density at radius 1 is 1.37 bits per heavy atom. The predicted octanol–water partition coefficient (Wildman–Crippen LogP) is 4.10. The zero-order chi connectivity index (χ0) is 13.7. The van der Waals surface area contributed by atoms with Crippen molar-refractivity contribution in [3.63, 3.8) is 0 Å². The molecule has 5 heteroatoms. The lowest BCUT2D eigenvalue weighted by Crippen LogP contribution is -2.28. The molecule has 1 aromatic heterocycles. The molecule has 0 atom stereocenters. The smallest absolute Gasteiger partial charge is 0.319 e. The second-order valence-electron chi connectivity index (χ2n) is 4.07. The van der Waals surface area contributed by atoms with Crippen molar-refractivity contribution < 1.29 is 4.79 Å². The van der Waals surface area contributed by atoms with Gasteiger partial charge in [-0.2, -0.15) is 0 Å². The number of amides is 2. The van der Waals surface area contributed by atoms with Gasteiger partial charge in [-0.15, -0.1) is 23.1 Å². The number of thioether (sulfide) groups is 1. The molecule has 0 unspecified atom stereocenters. The molecular weight excluding hydrogens is 276 g/mol. The van der Waals surface area contributed by atoms with Crippen LogP contribution in [0.25, 0.3) is 0 Å². The standard InChI is InChI=1S/C14H16N2OS2/c1-10-6-7-19-13(10)9-15-14(17)16-11-4-3-5-12(8-11)18-2/h3-8H,9H2,1-2H3,(H2,15,16,17). The summed E-state index contributed by atoms with van der Waals surface area (Å²) in [7, 11) is 0. The molecule has 100 valence electrons. The summed E-state index contributed by atoms with van der Waals surface area (Å²) in [6.07, 6.45) is 2.01. The average molecular weight is 292 g/mol. The number of aryl methyl sites for hydroxylation is 1. The van der Waals surface area contributed by atoms with Crippen LogP contribution in [0.2, 0.25) is 0 Å². The van der Waals surface area contributed by atoms with E-state index in [9.17, 15) is 4.79 Å². The number of nitrogens with one attached hydrogen (secondary N) is 2. The van der Waals surface area contributed by atoms with E-state index in [1.165, 1.54) is 10.4 Å². The molecule has 0 spiro atoms. The molecule has 19 heavy (non-hydrogen) atoms. The first-order chi connectivity index (χ1) is 9.19. The van der Waals surface area contributed by atoms with Crippen LogP contribution < -0.4 is 10.6 Å². The van der Waals surface area contributed by atoms with Crippen molar-refractivity contribution >= 4 is 34.8 Å². The van der Waals surface area contributed by atoms with E-state index in [0.29, 0.717) is 6.54 Å². The molecule has 0 aliphatic rings.